The first kappa shape index (κ1) is 16.7. The standard InChI is InChI=1S/C15H17BrF3N3O/c1-23-14(15(17,18)19)4-10(5-14)6-20-7-12-8-21-13-3-2-11(16)9-22(12)13/h2-3,8-10,20H,4-7H2,1H3. The van der Waals surface area contributed by atoms with E-state index in [0.717, 1.165) is 22.9 Å². The summed E-state index contributed by atoms with van der Waals surface area (Å²) in [6, 6.07) is 3.81. The van der Waals surface area contributed by atoms with Gasteiger partial charge in [0.05, 0.1) is 11.9 Å². The minimum Gasteiger partial charge on any atom is -0.369 e. The normalized spacial score (nSPS) is 24.8. The number of fused-ring (bicyclic) bond motifs is 1. The Kier molecular flexibility index (Phi) is 4.41. The van der Waals surface area contributed by atoms with Gasteiger partial charge in [0.1, 0.15) is 5.65 Å². The Morgan fingerprint density at radius 2 is 2.17 bits per heavy atom. The number of aromatic nitrogens is 2. The number of imidazole rings is 1. The monoisotopic (exact) mass is 391 g/mol. The first-order valence-corrected chi connectivity index (χ1v) is 8.08. The van der Waals surface area contributed by atoms with Gasteiger partial charge < -0.3 is 14.5 Å². The number of halogens is 4. The summed E-state index contributed by atoms with van der Waals surface area (Å²) in [5.41, 5.74) is -0.147. The van der Waals surface area contributed by atoms with Crippen molar-refractivity contribution in [3.05, 3.63) is 34.7 Å². The number of pyridine rings is 1. The van der Waals surface area contributed by atoms with Gasteiger partial charge in [0.25, 0.3) is 0 Å². The molecule has 1 N–H and O–H groups in total. The fourth-order valence-corrected chi connectivity index (χ4v) is 3.41. The molecular weight excluding hydrogens is 375 g/mol. The highest BCUT2D eigenvalue weighted by atomic mass is 79.9. The number of ether oxygens (including phenoxy) is 1. The Morgan fingerprint density at radius 3 is 2.83 bits per heavy atom. The number of methoxy groups -OCH3 is 1. The van der Waals surface area contributed by atoms with E-state index in [9.17, 15) is 13.2 Å². The lowest BCUT2D eigenvalue weighted by Crippen LogP contribution is -2.58. The second kappa shape index (κ2) is 6.07. The van der Waals surface area contributed by atoms with Gasteiger partial charge >= 0.3 is 6.18 Å². The minimum absolute atomic E-state index is 0.0126. The molecular formula is C15H17BrF3N3O. The zero-order valence-corrected chi connectivity index (χ0v) is 14.1. The molecule has 2 aromatic heterocycles. The summed E-state index contributed by atoms with van der Waals surface area (Å²) in [4.78, 5) is 4.29. The van der Waals surface area contributed by atoms with Crippen LogP contribution in [0.15, 0.2) is 29.0 Å². The van der Waals surface area contributed by atoms with Crippen molar-refractivity contribution in [3.63, 3.8) is 0 Å². The van der Waals surface area contributed by atoms with E-state index in [1.165, 1.54) is 0 Å². The maximum absolute atomic E-state index is 12.9. The highest BCUT2D eigenvalue weighted by Gasteiger charge is 2.62. The summed E-state index contributed by atoms with van der Waals surface area (Å²) < 4.78 is 46.4. The number of hydrogen-bond donors (Lipinski definition) is 1. The Labute approximate surface area is 140 Å². The van der Waals surface area contributed by atoms with Gasteiger partial charge in [0, 0.05) is 24.3 Å². The van der Waals surface area contributed by atoms with Gasteiger partial charge in [-0.2, -0.15) is 13.2 Å². The molecule has 126 valence electrons. The highest BCUT2D eigenvalue weighted by molar-refractivity contribution is 9.10. The molecule has 1 aliphatic rings. The van der Waals surface area contributed by atoms with E-state index in [1.54, 1.807) is 6.20 Å². The SMILES string of the molecule is COC1(C(F)(F)F)CC(CNCc2cnc3ccc(Br)cn23)C1. The maximum atomic E-state index is 12.9. The van der Waals surface area contributed by atoms with Crippen molar-refractivity contribution >= 4 is 21.6 Å². The van der Waals surface area contributed by atoms with Gasteiger partial charge in [-0.25, -0.2) is 4.98 Å². The summed E-state index contributed by atoms with van der Waals surface area (Å²) in [5, 5.41) is 3.22. The fraction of sp³-hybridized carbons (Fsp3) is 0.533. The van der Waals surface area contributed by atoms with Crippen LogP contribution in [0.25, 0.3) is 5.65 Å². The van der Waals surface area contributed by atoms with Crippen LogP contribution in [0, 0.1) is 5.92 Å². The van der Waals surface area contributed by atoms with Crippen molar-refractivity contribution in [2.75, 3.05) is 13.7 Å². The summed E-state index contributed by atoms with van der Waals surface area (Å²) >= 11 is 3.41. The Bertz CT molecular complexity index is 695. The van der Waals surface area contributed by atoms with Crippen molar-refractivity contribution in [2.45, 2.75) is 31.2 Å². The third-order valence-corrected chi connectivity index (χ3v) is 4.90. The summed E-state index contributed by atoms with van der Waals surface area (Å²) in [6.07, 6.45) is -0.587. The molecule has 0 amide bonds. The average molecular weight is 392 g/mol. The maximum Gasteiger partial charge on any atom is 0.417 e. The van der Waals surface area contributed by atoms with Crippen LogP contribution in [0.1, 0.15) is 18.5 Å². The summed E-state index contributed by atoms with van der Waals surface area (Å²) in [7, 11) is 1.13. The summed E-state index contributed by atoms with van der Waals surface area (Å²) in [5.74, 6) is -0.0255. The van der Waals surface area contributed by atoms with Crippen LogP contribution in [-0.4, -0.2) is 34.8 Å². The minimum atomic E-state index is -4.30. The number of alkyl halides is 3. The van der Waals surface area contributed by atoms with Crippen molar-refractivity contribution in [2.24, 2.45) is 5.92 Å². The number of hydrogen-bond acceptors (Lipinski definition) is 3. The van der Waals surface area contributed by atoms with E-state index in [4.69, 9.17) is 4.74 Å². The fourth-order valence-electron chi connectivity index (χ4n) is 3.07. The molecule has 0 spiro atoms. The van der Waals surface area contributed by atoms with Crippen LogP contribution in [-0.2, 0) is 11.3 Å². The van der Waals surface area contributed by atoms with Crippen LogP contribution in [0.4, 0.5) is 13.2 Å². The van der Waals surface area contributed by atoms with Gasteiger partial charge in [0.15, 0.2) is 5.60 Å². The van der Waals surface area contributed by atoms with Crippen molar-refractivity contribution in [3.8, 4) is 0 Å². The lowest BCUT2D eigenvalue weighted by molar-refractivity contribution is -0.308. The van der Waals surface area contributed by atoms with Crippen molar-refractivity contribution in [1.29, 1.82) is 0 Å². The molecule has 0 saturated heterocycles. The first-order chi connectivity index (χ1) is 10.8. The zero-order valence-electron chi connectivity index (χ0n) is 12.5. The number of nitrogens with one attached hydrogen (secondary N) is 1. The molecule has 2 heterocycles. The second-order valence-corrected chi connectivity index (χ2v) is 6.84. The lowest BCUT2D eigenvalue weighted by Gasteiger charge is -2.47. The van der Waals surface area contributed by atoms with E-state index in [-0.39, 0.29) is 18.8 Å². The highest BCUT2D eigenvalue weighted by Crippen LogP contribution is 2.50. The number of nitrogens with zero attached hydrogens (tertiary/aromatic N) is 2. The van der Waals surface area contributed by atoms with Crippen LogP contribution in [0.3, 0.4) is 0 Å². The van der Waals surface area contributed by atoms with Crippen LogP contribution in [0.2, 0.25) is 0 Å². The molecule has 0 unspecified atom stereocenters. The Hall–Kier alpha value is -1.12. The van der Waals surface area contributed by atoms with E-state index in [1.807, 2.05) is 22.7 Å². The van der Waals surface area contributed by atoms with E-state index in [2.05, 4.69) is 26.2 Å². The molecule has 1 aliphatic carbocycles. The van der Waals surface area contributed by atoms with Gasteiger partial charge in [-0.15, -0.1) is 0 Å². The predicted molar refractivity (Wildman–Crippen MR) is 83.1 cm³/mol. The molecule has 0 atom stereocenters. The molecule has 0 aromatic carbocycles. The van der Waals surface area contributed by atoms with Crippen molar-refractivity contribution in [1.82, 2.24) is 14.7 Å². The molecule has 1 fully saturated rings. The average Bonchev–Trinajstić information content (AvgIpc) is 2.82. The molecule has 3 rings (SSSR count). The first-order valence-electron chi connectivity index (χ1n) is 7.29. The predicted octanol–water partition coefficient (Wildman–Crippen LogP) is 3.54. The molecule has 1 saturated carbocycles. The smallest absolute Gasteiger partial charge is 0.369 e. The van der Waals surface area contributed by atoms with Crippen LogP contribution in [0.5, 0.6) is 0 Å². The molecule has 23 heavy (non-hydrogen) atoms. The Balaban J connectivity index is 1.54. The lowest BCUT2D eigenvalue weighted by atomic mass is 9.70. The second-order valence-electron chi connectivity index (χ2n) is 5.93. The van der Waals surface area contributed by atoms with Gasteiger partial charge in [-0.3, -0.25) is 0 Å². The van der Waals surface area contributed by atoms with E-state index in [0.29, 0.717) is 13.1 Å². The molecule has 4 nitrogen and oxygen atoms in total. The zero-order chi connectivity index (χ0) is 16.7. The molecule has 8 heteroatoms. The molecule has 0 aliphatic heterocycles. The van der Waals surface area contributed by atoms with E-state index < -0.39 is 11.8 Å². The quantitative estimate of drug-likeness (QED) is 0.846. The molecule has 0 radical (unpaired) electrons. The van der Waals surface area contributed by atoms with Gasteiger partial charge in [-0.05, 0) is 53.4 Å². The third kappa shape index (κ3) is 3.12. The van der Waals surface area contributed by atoms with Gasteiger partial charge in [-0.1, -0.05) is 0 Å². The molecule has 2 aromatic rings. The van der Waals surface area contributed by atoms with Crippen LogP contribution >= 0.6 is 15.9 Å². The topological polar surface area (TPSA) is 38.6 Å². The van der Waals surface area contributed by atoms with E-state index >= 15 is 0 Å². The largest absolute Gasteiger partial charge is 0.417 e. The number of rotatable bonds is 5. The van der Waals surface area contributed by atoms with Crippen LogP contribution < -0.4 is 5.32 Å². The van der Waals surface area contributed by atoms with Gasteiger partial charge in [0.2, 0.25) is 0 Å². The van der Waals surface area contributed by atoms with Crippen molar-refractivity contribution < 1.29 is 17.9 Å². The summed E-state index contributed by atoms with van der Waals surface area (Å²) in [6.45, 7) is 1.09. The third-order valence-electron chi connectivity index (χ3n) is 4.43. The Morgan fingerprint density at radius 1 is 1.43 bits per heavy atom. The molecule has 0 bridgehead atoms.